The molecule has 2 aromatic carbocycles. The second kappa shape index (κ2) is 8.97. The molecule has 32 heavy (non-hydrogen) atoms. The smallest absolute Gasteiger partial charge is 0.257 e. The number of piperidine rings is 1. The van der Waals surface area contributed by atoms with Crippen LogP contribution in [0, 0.1) is 5.92 Å². The molecule has 0 spiro atoms. The Labute approximate surface area is 190 Å². The molecule has 168 valence electrons. The molecule has 8 nitrogen and oxygen atoms in total. The van der Waals surface area contributed by atoms with Gasteiger partial charge in [-0.25, -0.2) is 13.4 Å². The van der Waals surface area contributed by atoms with Gasteiger partial charge in [-0.2, -0.15) is 4.31 Å². The van der Waals surface area contributed by atoms with E-state index in [2.05, 4.69) is 22.5 Å². The fraction of sp³-hybridized carbons (Fsp3) is 0.318. The van der Waals surface area contributed by atoms with Gasteiger partial charge in [0.05, 0.1) is 15.1 Å². The third-order valence-corrected chi connectivity index (χ3v) is 8.27. The van der Waals surface area contributed by atoms with Gasteiger partial charge in [0.15, 0.2) is 5.13 Å². The number of aromatic nitrogens is 1. The first-order chi connectivity index (χ1) is 15.2. The van der Waals surface area contributed by atoms with Crippen LogP contribution in [0.4, 0.5) is 10.8 Å². The molecule has 0 radical (unpaired) electrons. The van der Waals surface area contributed by atoms with Crippen LogP contribution in [0.25, 0.3) is 10.2 Å². The monoisotopic (exact) mass is 472 g/mol. The molecular weight excluding hydrogens is 448 g/mol. The second-order valence-electron chi connectivity index (χ2n) is 7.95. The third kappa shape index (κ3) is 4.82. The molecule has 1 fully saturated rings. The molecule has 1 aliphatic heterocycles. The molecule has 2 N–H and O–H groups in total. The Morgan fingerprint density at radius 3 is 2.41 bits per heavy atom. The van der Waals surface area contributed by atoms with E-state index in [0.29, 0.717) is 40.9 Å². The summed E-state index contributed by atoms with van der Waals surface area (Å²) in [5.74, 6) is -0.00315. The van der Waals surface area contributed by atoms with E-state index in [0.717, 1.165) is 17.5 Å². The molecule has 0 saturated carbocycles. The molecule has 10 heteroatoms. The normalized spacial score (nSPS) is 15.6. The Hall–Kier alpha value is -2.82. The lowest BCUT2D eigenvalue weighted by Crippen LogP contribution is -2.37. The molecule has 1 aromatic heterocycles. The van der Waals surface area contributed by atoms with Crippen molar-refractivity contribution in [1.82, 2.24) is 9.29 Å². The van der Waals surface area contributed by atoms with Gasteiger partial charge in [0.2, 0.25) is 15.9 Å². The number of carbonyl (C=O) groups is 2. The van der Waals surface area contributed by atoms with Crippen molar-refractivity contribution in [2.45, 2.75) is 31.6 Å². The van der Waals surface area contributed by atoms with Gasteiger partial charge in [0.25, 0.3) is 5.91 Å². The van der Waals surface area contributed by atoms with Crippen LogP contribution in [-0.4, -0.2) is 42.6 Å². The highest BCUT2D eigenvalue weighted by molar-refractivity contribution is 7.89. The number of amides is 2. The van der Waals surface area contributed by atoms with Crippen LogP contribution in [-0.2, 0) is 14.8 Å². The van der Waals surface area contributed by atoms with E-state index in [-0.39, 0.29) is 16.7 Å². The second-order valence-corrected chi connectivity index (χ2v) is 10.9. The quantitative estimate of drug-likeness (QED) is 0.585. The predicted octanol–water partition coefficient (Wildman–Crippen LogP) is 3.93. The molecule has 1 saturated heterocycles. The van der Waals surface area contributed by atoms with Gasteiger partial charge in [-0.15, -0.1) is 0 Å². The molecule has 0 unspecified atom stereocenters. The first-order valence-corrected chi connectivity index (χ1v) is 12.6. The summed E-state index contributed by atoms with van der Waals surface area (Å²) in [6.45, 7) is 4.61. The zero-order valence-corrected chi connectivity index (χ0v) is 19.4. The first-order valence-electron chi connectivity index (χ1n) is 10.3. The third-order valence-electron chi connectivity index (χ3n) is 5.43. The van der Waals surface area contributed by atoms with Gasteiger partial charge < -0.3 is 5.32 Å². The highest BCUT2D eigenvalue weighted by Crippen LogP contribution is 2.29. The van der Waals surface area contributed by atoms with Crippen LogP contribution in [0.3, 0.4) is 0 Å². The molecule has 0 atom stereocenters. The maximum absolute atomic E-state index is 12.9. The summed E-state index contributed by atoms with van der Waals surface area (Å²) >= 11 is 1.29. The lowest BCUT2D eigenvalue weighted by molar-refractivity contribution is -0.114. The van der Waals surface area contributed by atoms with Crippen LogP contribution in [0.5, 0.6) is 0 Å². The van der Waals surface area contributed by atoms with Crippen LogP contribution in [0.15, 0.2) is 47.4 Å². The predicted molar refractivity (Wildman–Crippen MR) is 125 cm³/mol. The van der Waals surface area contributed by atoms with Crippen molar-refractivity contribution in [3.8, 4) is 0 Å². The molecule has 1 aliphatic rings. The van der Waals surface area contributed by atoms with Gasteiger partial charge in [-0.1, -0.05) is 18.3 Å². The number of carbonyl (C=O) groups excluding carboxylic acids is 2. The lowest BCUT2D eigenvalue weighted by Gasteiger charge is -2.29. The minimum absolute atomic E-state index is 0.164. The standard InChI is InChI=1S/C22H24N4O4S2/c1-14-9-11-26(12-10-14)32(29,30)18-6-3-16(4-7-18)21(28)25-22-24-19-8-5-17(23-15(2)27)13-20(19)31-22/h3-8,13-14H,9-12H2,1-2H3,(H,23,27)(H,24,25,28). The highest BCUT2D eigenvalue weighted by Gasteiger charge is 2.28. The topological polar surface area (TPSA) is 108 Å². The number of hydrogen-bond acceptors (Lipinski definition) is 6. The van der Waals surface area contributed by atoms with Crippen molar-refractivity contribution in [1.29, 1.82) is 0 Å². The van der Waals surface area contributed by atoms with Crippen molar-refractivity contribution in [2.75, 3.05) is 23.7 Å². The fourth-order valence-corrected chi connectivity index (χ4v) is 5.95. The van der Waals surface area contributed by atoms with Gasteiger partial charge in [0.1, 0.15) is 0 Å². The van der Waals surface area contributed by atoms with Crippen LogP contribution < -0.4 is 10.6 Å². The van der Waals surface area contributed by atoms with Gasteiger partial charge in [-0.05, 0) is 61.2 Å². The molecule has 2 amide bonds. The summed E-state index contributed by atoms with van der Waals surface area (Å²) in [4.78, 5) is 28.4. The number of fused-ring (bicyclic) bond motifs is 1. The van der Waals surface area contributed by atoms with E-state index >= 15 is 0 Å². The summed E-state index contributed by atoms with van der Waals surface area (Å²) in [7, 11) is -3.56. The molecular formula is C22H24N4O4S2. The van der Waals surface area contributed by atoms with Gasteiger partial charge >= 0.3 is 0 Å². The molecule has 2 heterocycles. The van der Waals surface area contributed by atoms with Crippen LogP contribution in [0.1, 0.15) is 37.0 Å². The van der Waals surface area contributed by atoms with E-state index in [1.165, 1.54) is 46.8 Å². The minimum atomic E-state index is -3.56. The van der Waals surface area contributed by atoms with Gasteiger partial charge in [-0.3, -0.25) is 14.9 Å². The van der Waals surface area contributed by atoms with E-state index < -0.39 is 10.0 Å². The number of nitrogens with one attached hydrogen (secondary N) is 2. The fourth-order valence-electron chi connectivity index (χ4n) is 3.58. The zero-order chi connectivity index (χ0) is 22.9. The van der Waals surface area contributed by atoms with E-state index in [1.54, 1.807) is 18.2 Å². The van der Waals surface area contributed by atoms with E-state index in [4.69, 9.17) is 0 Å². The number of nitrogens with zero attached hydrogens (tertiary/aromatic N) is 2. The van der Waals surface area contributed by atoms with Gasteiger partial charge in [0, 0.05) is 31.3 Å². The SMILES string of the molecule is CC(=O)Nc1ccc2nc(NC(=O)c3ccc(S(=O)(=O)N4CCC(C)CC4)cc3)sc2c1. The summed E-state index contributed by atoms with van der Waals surface area (Å²) in [5.41, 5.74) is 1.71. The molecule has 0 bridgehead atoms. The Bertz CT molecular complexity index is 1260. The number of sulfonamides is 1. The van der Waals surface area contributed by atoms with Crippen molar-refractivity contribution >= 4 is 54.2 Å². The van der Waals surface area contributed by atoms with Crippen molar-refractivity contribution < 1.29 is 18.0 Å². The average Bonchev–Trinajstić information content (AvgIpc) is 3.15. The Morgan fingerprint density at radius 1 is 1.06 bits per heavy atom. The number of thiazole rings is 1. The summed E-state index contributed by atoms with van der Waals surface area (Å²) in [6.07, 6.45) is 1.71. The highest BCUT2D eigenvalue weighted by atomic mass is 32.2. The average molecular weight is 473 g/mol. The molecule has 4 rings (SSSR count). The molecule has 3 aromatic rings. The Morgan fingerprint density at radius 2 is 1.75 bits per heavy atom. The number of hydrogen-bond donors (Lipinski definition) is 2. The van der Waals surface area contributed by atoms with E-state index in [9.17, 15) is 18.0 Å². The summed E-state index contributed by atoms with van der Waals surface area (Å²) < 4.78 is 28.0. The minimum Gasteiger partial charge on any atom is -0.326 e. The maximum atomic E-state index is 12.9. The largest absolute Gasteiger partial charge is 0.326 e. The van der Waals surface area contributed by atoms with Crippen molar-refractivity contribution in [2.24, 2.45) is 5.92 Å². The van der Waals surface area contributed by atoms with Crippen LogP contribution >= 0.6 is 11.3 Å². The number of anilines is 2. The van der Waals surface area contributed by atoms with Crippen molar-refractivity contribution in [3.63, 3.8) is 0 Å². The summed E-state index contributed by atoms with van der Waals surface area (Å²) in [6, 6.07) is 11.3. The maximum Gasteiger partial charge on any atom is 0.257 e. The zero-order valence-electron chi connectivity index (χ0n) is 17.8. The summed E-state index contributed by atoms with van der Waals surface area (Å²) in [5, 5.41) is 5.89. The lowest BCUT2D eigenvalue weighted by atomic mass is 10.0. The van der Waals surface area contributed by atoms with Crippen LogP contribution in [0.2, 0.25) is 0 Å². The first kappa shape index (κ1) is 22.4. The number of rotatable bonds is 5. The molecule has 0 aliphatic carbocycles. The number of benzene rings is 2. The van der Waals surface area contributed by atoms with Crippen molar-refractivity contribution in [3.05, 3.63) is 48.0 Å². The Balaban J connectivity index is 1.46. The van der Waals surface area contributed by atoms with E-state index in [1.807, 2.05) is 0 Å². The Kier molecular flexibility index (Phi) is 6.27.